The lowest BCUT2D eigenvalue weighted by Crippen LogP contribution is -2.44. The van der Waals surface area contributed by atoms with Gasteiger partial charge in [-0.25, -0.2) is 12.7 Å². The molecule has 0 unspecified atom stereocenters. The molecule has 6 heteroatoms. The lowest BCUT2D eigenvalue weighted by Gasteiger charge is -2.35. The minimum atomic E-state index is -3.03. The summed E-state index contributed by atoms with van der Waals surface area (Å²) in [5.74, 6) is 0.182. The van der Waals surface area contributed by atoms with Crippen molar-refractivity contribution in [2.75, 3.05) is 53.1 Å². The Morgan fingerprint density at radius 1 is 1.17 bits per heavy atom. The molecule has 1 rings (SSSR count). The van der Waals surface area contributed by atoms with Crippen molar-refractivity contribution in [1.82, 2.24) is 14.1 Å². The van der Waals surface area contributed by atoms with Gasteiger partial charge in [-0.05, 0) is 47.0 Å². The summed E-state index contributed by atoms with van der Waals surface area (Å²) in [5.41, 5.74) is 0. The number of likely N-dealkylation sites (tertiary alicyclic amines) is 1. The minimum Gasteiger partial charge on any atom is -0.306 e. The number of nitrogens with zero attached hydrogens (tertiary/aromatic N) is 3. The van der Waals surface area contributed by atoms with Gasteiger partial charge >= 0.3 is 0 Å². The number of rotatable bonds is 6. The van der Waals surface area contributed by atoms with Crippen molar-refractivity contribution in [3.05, 3.63) is 0 Å². The van der Waals surface area contributed by atoms with Gasteiger partial charge in [0.1, 0.15) is 0 Å². The van der Waals surface area contributed by atoms with Gasteiger partial charge in [0.05, 0.1) is 5.75 Å². The molecule has 5 nitrogen and oxygen atoms in total. The Morgan fingerprint density at radius 2 is 1.72 bits per heavy atom. The van der Waals surface area contributed by atoms with E-state index >= 15 is 0 Å². The van der Waals surface area contributed by atoms with E-state index in [1.165, 1.54) is 17.1 Å². The number of likely N-dealkylation sites (N-methyl/N-ethyl adjacent to an activating group) is 2. The quantitative estimate of drug-likeness (QED) is 0.700. The highest BCUT2D eigenvalue weighted by molar-refractivity contribution is 7.89. The predicted octanol–water partition coefficient (Wildman–Crippen LogP) is 0.294. The van der Waals surface area contributed by atoms with Crippen LogP contribution in [0.15, 0.2) is 0 Å². The highest BCUT2D eigenvalue weighted by atomic mass is 32.2. The second kappa shape index (κ2) is 6.84. The smallest absolute Gasteiger partial charge is 0.213 e. The fourth-order valence-corrected chi connectivity index (χ4v) is 3.08. The van der Waals surface area contributed by atoms with Crippen LogP contribution in [0, 0.1) is 0 Å². The summed E-state index contributed by atoms with van der Waals surface area (Å²) in [7, 11) is 2.88. The van der Waals surface area contributed by atoms with E-state index in [9.17, 15) is 8.42 Å². The maximum Gasteiger partial charge on any atom is 0.213 e. The maximum atomic E-state index is 11.6. The van der Waals surface area contributed by atoms with Gasteiger partial charge < -0.3 is 9.80 Å². The van der Waals surface area contributed by atoms with Crippen LogP contribution in [0.3, 0.4) is 0 Å². The Hall–Kier alpha value is -0.170. The summed E-state index contributed by atoms with van der Waals surface area (Å²) in [6.07, 6.45) is 2.36. The van der Waals surface area contributed by atoms with Crippen LogP contribution in [0.1, 0.15) is 19.8 Å². The Balaban J connectivity index is 2.35. The van der Waals surface area contributed by atoms with E-state index in [2.05, 4.69) is 23.9 Å². The third-order valence-electron chi connectivity index (χ3n) is 3.92. The molecule has 0 aliphatic carbocycles. The number of piperidine rings is 1. The first-order valence-electron chi connectivity index (χ1n) is 6.69. The molecular formula is C12H27N3O2S. The summed E-state index contributed by atoms with van der Waals surface area (Å²) >= 11 is 0. The second-order valence-electron chi connectivity index (χ2n) is 5.24. The summed E-state index contributed by atoms with van der Waals surface area (Å²) in [5, 5.41) is 0. The molecule has 0 N–H and O–H groups in total. The Labute approximate surface area is 112 Å². The first kappa shape index (κ1) is 15.9. The van der Waals surface area contributed by atoms with E-state index in [1.54, 1.807) is 14.0 Å². The maximum absolute atomic E-state index is 11.6. The van der Waals surface area contributed by atoms with Crippen molar-refractivity contribution in [3.63, 3.8) is 0 Å². The van der Waals surface area contributed by atoms with Gasteiger partial charge in [-0.15, -0.1) is 0 Å². The monoisotopic (exact) mass is 277 g/mol. The highest BCUT2D eigenvalue weighted by Gasteiger charge is 2.22. The van der Waals surface area contributed by atoms with Gasteiger partial charge in [-0.2, -0.15) is 0 Å². The van der Waals surface area contributed by atoms with E-state index in [4.69, 9.17) is 0 Å². The number of hydrogen-bond donors (Lipinski definition) is 0. The molecule has 0 aromatic carbocycles. The zero-order chi connectivity index (χ0) is 13.8. The first-order valence-corrected chi connectivity index (χ1v) is 8.30. The zero-order valence-electron chi connectivity index (χ0n) is 12.1. The van der Waals surface area contributed by atoms with E-state index in [0.717, 1.165) is 19.6 Å². The molecule has 0 bridgehead atoms. The zero-order valence-corrected chi connectivity index (χ0v) is 12.9. The summed E-state index contributed by atoms with van der Waals surface area (Å²) in [6.45, 7) is 5.35. The van der Waals surface area contributed by atoms with Gasteiger partial charge in [-0.1, -0.05) is 0 Å². The van der Waals surface area contributed by atoms with Gasteiger partial charge in [-0.3, -0.25) is 0 Å². The molecule has 0 aromatic heterocycles. The van der Waals surface area contributed by atoms with Crippen LogP contribution in [0.25, 0.3) is 0 Å². The SMILES string of the molecule is CCS(=O)(=O)N(C)CCN(C)C1CCN(C)CC1. The van der Waals surface area contributed by atoms with Crippen LogP contribution in [0.4, 0.5) is 0 Å². The molecule has 0 saturated carbocycles. The minimum absolute atomic E-state index is 0.182. The molecule has 0 spiro atoms. The molecule has 0 amide bonds. The fourth-order valence-electron chi connectivity index (χ4n) is 2.28. The van der Waals surface area contributed by atoms with Gasteiger partial charge in [0.15, 0.2) is 0 Å². The molecule has 18 heavy (non-hydrogen) atoms. The fraction of sp³-hybridized carbons (Fsp3) is 1.00. The molecule has 108 valence electrons. The molecule has 0 radical (unpaired) electrons. The highest BCUT2D eigenvalue weighted by Crippen LogP contribution is 2.13. The predicted molar refractivity (Wildman–Crippen MR) is 75.2 cm³/mol. The topological polar surface area (TPSA) is 43.9 Å². The van der Waals surface area contributed by atoms with Crippen molar-refractivity contribution in [2.24, 2.45) is 0 Å². The van der Waals surface area contributed by atoms with Crippen molar-refractivity contribution in [3.8, 4) is 0 Å². The third kappa shape index (κ3) is 4.50. The molecule has 1 heterocycles. The van der Waals surface area contributed by atoms with Crippen LogP contribution < -0.4 is 0 Å². The Morgan fingerprint density at radius 3 is 2.22 bits per heavy atom. The molecule has 0 aromatic rings. The third-order valence-corrected chi connectivity index (χ3v) is 5.78. The van der Waals surface area contributed by atoms with Crippen LogP contribution in [0.2, 0.25) is 0 Å². The summed E-state index contributed by atoms with van der Waals surface area (Å²) in [4.78, 5) is 4.65. The van der Waals surface area contributed by atoms with Gasteiger partial charge in [0.25, 0.3) is 0 Å². The Bertz CT molecular complexity index is 337. The average molecular weight is 277 g/mol. The number of hydrogen-bond acceptors (Lipinski definition) is 4. The van der Waals surface area contributed by atoms with Gasteiger partial charge in [0, 0.05) is 26.2 Å². The van der Waals surface area contributed by atoms with Crippen molar-refractivity contribution in [2.45, 2.75) is 25.8 Å². The Kier molecular flexibility index (Phi) is 6.04. The van der Waals surface area contributed by atoms with E-state index in [1.807, 2.05) is 0 Å². The summed E-state index contributed by atoms with van der Waals surface area (Å²) < 4.78 is 24.7. The standard InChI is InChI=1S/C12H27N3O2S/c1-5-18(16,17)15(4)11-10-14(3)12-6-8-13(2)9-7-12/h12H,5-11H2,1-4H3. The van der Waals surface area contributed by atoms with Crippen LogP contribution >= 0.6 is 0 Å². The molecule has 1 saturated heterocycles. The van der Waals surface area contributed by atoms with Gasteiger partial charge in [0.2, 0.25) is 10.0 Å². The van der Waals surface area contributed by atoms with Crippen LogP contribution in [-0.2, 0) is 10.0 Å². The molecule has 1 fully saturated rings. The molecule has 1 aliphatic heterocycles. The first-order chi connectivity index (χ1) is 8.36. The van der Waals surface area contributed by atoms with E-state index < -0.39 is 10.0 Å². The van der Waals surface area contributed by atoms with Crippen LogP contribution in [0.5, 0.6) is 0 Å². The largest absolute Gasteiger partial charge is 0.306 e. The van der Waals surface area contributed by atoms with Crippen molar-refractivity contribution in [1.29, 1.82) is 0 Å². The molecular weight excluding hydrogens is 250 g/mol. The van der Waals surface area contributed by atoms with E-state index in [0.29, 0.717) is 12.6 Å². The normalized spacial score (nSPS) is 19.9. The lowest BCUT2D eigenvalue weighted by atomic mass is 10.0. The van der Waals surface area contributed by atoms with Crippen molar-refractivity contribution < 1.29 is 8.42 Å². The van der Waals surface area contributed by atoms with Crippen LogP contribution in [-0.4, -0.2) is 81.6 Å². The molecule has 1 aliphatic rings. The van der Waals surface area contributed by atoms with E-state index in [-0.39, 0.29) is 5.75 Å². The second-order valence-corrected chi connectivity index (χ2v) is 7.60. The molecule has 0 atom stereocenters. The van der Waals surface area contributed by atoms with Crippen molar-refractivity contribution >= 4 is 10.0 Å². The average Bonchev–Trinajstić information content (AvgIpc) is 2.36. The number of sulfonamides is 1. The summed E-state index contributed by atoms with van der Waals surface area (Å²) in [6, 6.07) is 0.596. The lowest BCUT2D eigenvalue weighted by molar-refractivity contribution is 0.141.